The molecule has 1 fully saturated rings. The Morgan fingerprint density at radius 2 is 2.17 bits per heavy atom. The quantitative estimate of drug-likeness (QED) is 0.889. The van der Waals surface area contributed by atoms with Crippen molar-refractivity contribution < 1.29 is 9.90 Å². The van der Waals surface area contributed by atoms with Gasteiger partial charge in [-0.2, -0.15) is 0 Å². The van der Waals surface area contributed by atoms with E-state index in [4.69, 9.17) is 11.6 Å². The van der Waals surface area contributed by atoms with Crippen LogP contribution in [0.2, 0.25) is 5.02 Å². The highest BCUT2D eigenvalue weighted by molar-refractivity contribution is 6.31. The predicted molar refractivity (Wildman–Crippen MR) is 73.6 cm³/mol. The molecule has 2 rings (SSSR count). The Labute approximate surface area is 112 Å². The van der Waals surface area contributed by atoms with Crippen molar-refractivity contribution in [2.45, 2.75) is 26.2 Å². The van der Waals surface area contributed by atoms with E-state index >= 15 is 0 Å². The summed E-state index contributed by atoms with van der Waals surface area (Å²) in [6.45, 7) is 4.10. The Hall–Kier alpha value is -1.22. The number of nitrogens with zero attached hydrogens (tertiary/aromatic N) is 1. The maximum atomic E-state index is 11.3. The zero-order valence-electron chi connectivity index (χ0n) is 10.5. The molecule has 1 atom stereocenters. The summed E-state index contributed by atoms with van der Waals surface area (Å²) in [6.07, 6.45) is 3.44. The average molecular weight is 268 g/mol. The molecule has 98 valence electrons. The van der Waals surface area contributed by atoms with Crippen molar-refractivity contribution in [2.24, 2.45) is 5.92 Å². The number of aromatic carboxylic acids is 1. The van der Waals surface area contributed by atoms with Crippen LogP contribution >= 0.6 is 11.6 Å². The number of anilines is 1. The molecule has 1 aliphatic heterocycles. The van der Waals surface area contributed by atoms with Crippen LogP contribution in [0.1, 0.15) is 36.5 Å². The lowest BCUT2D eigenvalue weighted by molar-refractivity contribution is 0.0697. The van der Waals surface area contributed by atoms with Gasteiger partial charge in [-0.05, 0) is 43.4 Å². The summed E-state index contributed by atoms with van der Waals surface area (Å²) in [7, 11) is 0. The van der Waals surface area contributed by atoms with Gasteiger partial charge in [0.05, 0.1) is 11.3 Å². The fourth-order valence-corrected chi connectivity index (χ4v) is 2.63. The smallest absolute Gasteiger partial charge is 0.337 e. The maximum Gasteiger partial charge on any atom is 0.337 e. The van der Waals surface area contributed by atoms with E-state index in [0.29, 0.717) is 10.6 Å². The molecule has 0 spiro atoms. The zero-order chi connectivity index (χ0) is 13.1. The third kappa shape index (κ3) is 2.96. The molecule has 0 amide bonds. The van der Waals surface area contributed by atoms with Gasteiger partial charge in [-0.25, -0.2) is 4.79 Å². The van der Waals surface area contributed by atoms with E-state index in [9.17, 15) is 9.90 Å². The van der Waals surface area contributed by atoms with Crippen LogP contribution in [0, 0.1) is 5.92 Å². The topological polar surface area (TPSA) is 40.5 Å². The van der Waals surface area contributed by atoms with Gasteiger partial charge in [0.1, 0.15) is 0 Å². The van der Waals surface area contributed by atoms with Crippen LogP contribution in [-0.2, 0) is 0 Å². The molecule has 18 heavy (non-hydrogen) atoms. The molecule has 1 aromatic rings. The van der Waals surface area contributed by atoms with Gasteiger partial charge in [-0.1, -0.05) is 18.5 Å². The van der Waals surface area contributed by atoms with Gasteiger partial charge < -0.3 is 10.0 Å². The number of carboxylic acid groups (broad SMARTS) is 1. The fourth-order valence-electron chi connectivity index (χ4n) is 2.46. The van der Waals surface area contributed by atoms with Crippen molar-refractivity contribution in [1.82, 2.24) is 0 Å². The minimum atomic E-state index is -0.912. The minimum Gasteiger partial charge on any atom is -0.478 e. The second-order valence-electron chi connectivity index (χ2n) is 4.99. The van der Waals surface area contributed by atoms with E-state index in [1.165, 1.54) is 12.5 Å². The van der Waals surface area contributed by atoms with E-state index in [1.54, 1.807) is 6.07 Å². The van der Waals surface area contributed by atoms with Crippen LogP contribution < -0.4 is 4.90 Å². The molecule has 0 aromatic heterocycles. The van der Waals surface area contributed by atoms with Gasteiger partial charge >= 0.3 is 5.97 Å². The monoisotopic (exact) mass is 267 g/mol. The maximum absolute atomic E-state index is 11.3. The molecule has 1 unspecified atom stereocenters. The first-order chi connectivity index (χ1) is 8.58. The third-order valence-corrected chi connectivity index (χ3v) is 3.78. The number of rotatable bonds is 2. The van der Waals surface area contributed by atoms with Crippen LogP contribution in [0.3, 0.4) is 0 Å². The highest BCUT2D eigenvalue weighted by atomic mass is 35.5. The number of carbonyl (C=O) groups is 1. The number of benzene rings is 1. The molecule has 0 radical (unpaired) electrons. The summed E-state index contributed by atoms with van der Waals surface area (Å²) < 4.78 is 0. The molecular weight excluding hydrogens is 250 g/mol. The lowest BCUT2D eigenvalue weighted by Gasteiger charge is -2.24. The molecule has 1 saturated heterocycles. The summed E-state index contributed by atoms with van der Waals surface area (Å²) in [5.74, 6) is -0.194. The highest BCUT2D eigenvalue weighted by Crippen LogP contribution is 2.27. The summed E-state index contributed by atoms with van der Waals surface area (Å²) >= 11 is 5.87. The molecule has 0 saturated carbocycles. The molecular formula is C14H18ClNO2. The van der Waals surface area contributed by atoms with Crippen LogP contribution in [0.25, 0.3) is 0 Å². The molecule has 3 nitrogen and oxygen atoms in total. The van der Waals surface area contributed by atoms with Crippen molar-refractivity contribution >= 4 is 23.3 Å². The first kappa shape index (κ1) is 13.2. The summed E-state index contributed by atoms with van der Waals surface area (Å²) in [5, 5.41) is 9.73. The van der Waals surface area contributed by atoms with E-state index in [0.717, 1.165) is 37.5 Å². The van der Waals surface area contributed by atoms with Crippen molar-refractivity contribution in [3.8, 4) is 0 Å². The molecule has 0 aliphatic carbocycles. The Balaban J connectivity index is 2.29. The van der Waals surface area contributed by atoms with Crippen LogP contribution in [0.4, 0.5) is 5.69 Å². The van der Waals surface area contributed by atoms with Gasteiger partial charge in [-0.15, -0.1) is 0 Å². The van der Waals surface area contributed by atoms with Crippen LogP contribution in [-0.4, -0.2) is 24.2 Å². The van der Waals surface area contributed by atoms with Gasteiger partial charge in [0.25, 0.3) is 0 Å². The number of hydrogen-bond donors (Lipinski definition) is 1. The summed E-state index contributed by atoms with van der Waals surface area (Å²) in [5.41, 5.74) is 1.10. The normalized spacial score (nSPS) is 20.6. The predicted octanol–water partition coefficient (Wildman–Crippen LogP) is 3.66. The second-order valence-corrected chi connectivity index (χ2v) is 5.43. The van der Waals surface area contributed by atoms with Crippen molar-refractivity contribution in [3.05, 3.63) is 28.8 Å². The zero-order valence-corrected chi connectivity index (χ0v) is 11.3. The molecule has 0 bridgehead atoms. The molecule has 1 aliphatic rings. The molecule has 1 aromatic carbocycles. The average Bonchev–Trinajstić information content (AvgIpc) is 2.54. The largest absolute Gasteiger partial charge is 0.478 e. The van der Waals surface area contributed by atoms with Crippen molar-refractivity contribution in [1.29, 1.82) is 0 Å². The van der Waals surface area contributed by atoms with Gasteiger partial charge in [0.15, 0.2) is 0 Å². The van der Waals surface area contributed by atoms with E-state index in [-0.39, 0.29) is 0 Å². The van der Waals surface area contributed by atoms with Crippen LogP contribution in [0.5, 0.6) is 0 Å². The molecule has 4 heteroatoms. The fraction of sp³-hybridized carbons (Fsp3) is 0.500. The number of hydrogen-bond acceptors (Lipinski definition) is 2. The van der Waals surface area contributed by atoms with Crippen molar-refractivity contribution in [2.75, 3.05) is 18.0 Å². The SMILES string of the molecule is CC1CCCN(c2ccc(Cl)cc2C(=O)O)CC1. The second kappa shape index (κ2) is 5.61. The summed E-state index contributed by atoms with van der Waals surface area (Å²) in [6, 6.07) is 5.12. The Bertz CT molecular complexity index is 447. The van der Waals surface area contributed by atoms with Gasteiger partial charge in [0, 0.05) is 18.1 Å². The van der Waals surface area contributed by atoms with Gasteiger partial charge in [0.2, 0.25) is 0 Å². The lowest BCUT2D eigenvalue weighted by Crippen LogP contribution is -2.26. The third-order valence-electron chi connectivity index (χ3n) is 3.55. The summed E-state index contributed by atoms with van der Waals surface area (Å²) in [4.78, 5) is 13.5. The number of carboxylic acids is 1. The Morgan fingerprint density at radius 3 is 2.89 bits per heavy atom. The lowest BCUT2D eigenvalue weighted by atomic mass is 10.0. The van der Waals surface area contributed by atoms with Gasteiger partial charge in [-0.3, -0.25) is 0 Å². The first-order valence-corrected chi connectivity index (χ1v) is 6.73. The van der Waals surface area contributed by atoms with Crippen molar-refractivity contribution in [3.63, 3.8) is 0 Å². The molecule has 1 heterocycles. The molecule has 1 N–H and O–H groups in total. The Morgan fingerprint density at radius 1 is 1.39 bits per heavy atom. The standard InChI is InChI=1S/C14H18ClNO2/c1-10-3-2-7-16(8-6-10)13-5-4-11(15)9-12(13)14(17)18/h4-5,9-10H,2-3,6-8H2,1H3,(H,17,18). The van der Waals surface area contributed by atoms with E-state index < -0.39 is 5.97 Å². The minimum absolute atomic E-state index is 0.303. The number of halogens is 1. The van der Waals surface area contributed by atoms with E-state index in [2.05, 4.69) is 11.8 Å². The van der Waals surface area contributed by atoms with E-state index in [1.807, 2.05) is 6.07 Å². The van der Waals surface area contributed by atoms with Crippen LogP contribution in [0.15, 0.2) is 18.2 Å². The Kier molecular flexibility index (Phi) is 4.12. The first-order valence-electron chi connectivity index (χ1n) is 6.35. The highest BCUT2D eigenvalue weighted by Gasteiger charge is 2.19.